The lowest BCUT2D eigenvalue weighted by atomic mass is 9.81. The minimum atomic E-state index is -3.69. The van der Waals surface area contributed by atoms with Crippen LogP contribution in [0.25, 0.3) is 28.2 Å². The number of hydrogen-bond acceptors (Lipinski definition) is 6. The Morgan fingerprint density at radius 1 is 0.978 bits per heavy atom. The van der Waals surface area contributed by atoms with Crippen molar-refractivity contribution in [1.29, 1.82) is 0 Å². The molecule has 10 heteroatoms. The second-order valence-electron chi connectivity index (χ2n) is 14.2. The van der Waals surface area contributed by atoms with Crippen molar-refractivity contribution in [2.75, 3.05) is 33.8 Å². The van der Waals surface area contributed by atoms with Crippen LogP contribution in [0.1, 0.15) is 85.2 Å². The number of benzene rings is 2. The lowest BCUT2D eigenvalue weighted by Crippen LogP contribution is -2.67. The van der Waals surface area contributed by atoms with Gasteiger partial charge in [-0.1, -0.05) is 25.3 Å². The Labute approximate surface area is 270 Å². The fourth-order valence-electron chi connectivity index (χ4n) is 8.68. The highest BCUT2D eigenvalue weighted by Gasteiger charge is 2.51. The fourth-order valence-corrected chi connectivity index (χ4v) is 9.98. The van der Waals surface area contributed by atoms with Gasteiger partial charge in [-0.15, -0.1) is 0 Å². The quantitative estimate of drug-likeness (QED) is 0.392. The molecule has 0 atom stereocenters. The van der Waals surface area contributed by atoms with Crippen molar-refractivity contribution in [3.05, 3.63) is 58.7 Å². The molecule has 2 aromatic carbocycles. The molecule has 9 nitrogen and oxygen atoms in total. The van der Waals surface area contributed by atoms with E-state index in [0.29, 0.717) is 36.4 Å². The number of likely N-dealkylation sites (N-methyl/N-ethyl adjacent to an activating group) is 1. The van der Waals surface area contributed by atoms with Crippen LogP contribution in [0.5, 0.6) is 5.75 Å². The molecule has 46 heavy (non-hydrogen) atoms. The summed E-state index contributed by atoms with van der Waals surface area (Å²) >= 11 is 0. The summed E-state index contributed by atoms with van der Waals surface area (Å²) in [6.07, 6.45) is 11.0. The number of carbonyl (C=O) groups is 2. The Balaban J connectivity index is 1.30. The number of nitrogens with one attached hydrogen (secondary N) is 1. The maximum atomic E-state index is 14.6. The topological polar surface area (TPSA) is 101 Å². The van der Waals surface area contributed by atoms with Crippen LogP contribution >= 0.6 is 0 Å². The first kappa shape index (κ1) is 29.8. The highest BCUT2D eigenvalue weighted by Crippen LogP contribution is 2.48. The van der Waals surface area contributed by atoms with E-state index in [1.54, 1.807) is 13.2 Å². The lowest BCUT2D eigenvalue weighted by Gasteiger charge is -2.51. The molecule has 2 saturated heterocycles. The van der Waals surface area contributed by atoms with Crippen LogP contribution in [-0.4, -0.2) is 79.2 Å². The van der Waals surface area contributed by atoms with E-state index < -0.39 is 21.2 Å². The lowest BCUT2D eigenvalue weighted by molar-refractivity contribution is -0.137. The molecule has 3 aliphatic heterocycles. The minimum absolute atomic E-state index is 0.0673. The monoisotopic (exact) mass is 642 g/mol. The van der Waals surface area contributed by atoms with Gasteiger partial charge in [-0.05, 0) is 99.0 Å². The molecular weight excluding hydrogens is 600 g/mol. The number of nitrogens with zero attached hydrogens (tertiary/aromatic N) is 3. The van der Waals surface area contributed by atoms with Crippen LogP contribution in [-0.2, 0) is 21.4 Å². The van der Waals surface area contributed by atoms with Crippen LogP contribution in [0, 0.1) is 0 Å². The molecule has 4 fully saturated rings. The number of likely N-dealkylation sites (tertiary alicyclic amines) is 2. The Morgan fingerprint density at radius 3 is 2.48 bits per heavy atom. The average molecular weight is 643 g/mol. The Kier molecular flexibility index (Phi) is 7.10. The van der Waals surface area contributed by atoms with E-state index in [4.69, 9.17) is 4.74 Å². The van der Waals surface area contributed by atoms with Crippen molar-refractivity contribution in [3.63, 3.8) is 0 Å². The van der Waals surface area contributed by atoms with E-state index in [-0.39, 0.29) is 11.4 Å². The van der Waals surface area contributed by atoms with E-state index >= 15 is 0 Å². The first-order valence-electron chi connectivity index (χ1n) is 16.8. The summed E-state index contributed by atoms with van der Waals surface area (Å²) in [5.41, 5.74) is 6.11. The molecule has 3 aromatic rings. The predicted molar refractivity (Wildman–Crippen MR) is 178 cm³/mol. The molecule has 242 valence electrons. The third-order valence-corrected chi connectivity index (χ3v) is 12.8. The van der Waals surface area contributed by atoms with Gasteiger partial charge in [-0.3, -0.25) is 9.59 Å². The smallest absolute Gasteiger partial charge is 0.264 e. The Morgan fingerprint density at radius 2 is 1.76 bits per heavy atom. The first-order valence-corrected chi connectivity index (χ1v) is 18.3. The Hall–Kier alpha value is -3.63. The van der Waals surface area contributed by atoms with E-state index in [2.05, 4.69) is 38.3 Å². The molecular formula is C36H42N4O5S. The number of hydrogen-bond donors (Lipinski definition) is 1. The van der Waals surface area contributed by atoms with E-state index in [0.717, 1.165) is 78.8 Å². The van der Waals surface area contributed by atoms with Crippen molar-refractivity contribution in [3.8, 4) is 17.0 Å². The number of amides is 2. The highest BCUT2D eigenvalue weighted by atomic mass is 32.2. The summed E-state index contributed by atoms with van der Waals surface area (Å²) in [6.45, 7) is 2.90. The minimum Gasteiger partial charge on any atom is -0.497 e. The normalized spacial score (nSPS) is 21.3. The van der Waals surface area contributed by atoms with Crippen molar-refractivity contribution in [1.82, 2.24) is 19.1 Å². The third-order valence-electron chi connectivity index (χ3n) is 11.0. The number of ether oxygens (including phenoxy) is 1. The highest BCUT2D eigenvalue weighted by molar-refractivity contribution is 7.91. The van der Waals surface area contributed by atoms with Gasteiger partial charge in [-0.25, -0.2) is 13.1 Å². The van der Waals surface area contributed by atoms with Crippen LogP contribution in [0.4, 0.5) is 0 Å². The summed E-state index contributed by atoms with van der Waals surface area (Å²) < 4.78 is 35.5. The molecule has 2 amide bonds. The number of carbonyl (C=O) groups excluding carboxylic acids is 2. The van der Waals surface area contributed by atoms with Gasteiger partial charge >= 0.3 is 0 Å². The molecule has 4 heterocycles. The van der Waals surface area contributed by atoms with E-state index in [9.17, 15) is 18.0 Å². The molecule has 0 unspecified atom stereocenters. The Bertz CT molecular complexity index is 1890. The fraction of sp³-hybridized carbons (Fsp3) is 0.500. The van der Waals surface area contributed by atoms with Gasteiger partial charge in [0.1, 0.15) is 5.75 Å². The first-order chi connectivity index (χ1) is 22.2. The molecule has 0 bridgehead atoms. The zero-order valence-electron chi connectivity index (χ0n) is 26.7. The zero-order valence-corrected chi connectivity index (χ0v) is 27.5. The molecule has 5 aliphatic rings. The SMILES string of the molecule is COc1ccc2c(c1)C=C(C(=O)N1CCCC13CN(C)C3)Cn1c-2c(C2CCCCC2)c2ccc(C(=O)NS(=O)(=O)C3CC3)cc21. The molecule has 1 aromatic heterocycles. The molecule has 2 aliphatic carbocycles. The molecule has 0 radical (unpaired) electrons. The number of fused-ring (bicyclic) bond motifs is 5. The average Bonchev–Trinajstić information content (AvgIpc) is 3.78. The van der Waals surface area contributed by atoms with Gasteiger partial charge in [-0.2, -0.15) is 0 Å². The molecule has 1 spiro atoms. The van der Waals surface area contributed by atoms with Crippen LogP contribution in [0.2, 0.25) is 0 Å². The second kappa shape index (κ2) is 11.0. The van der Waals surface area contributed by atoms with Gasteiger partial charge < -0.3 is 19.1 Å². The number of sulfonamides is 1. The number of methoxy groups -OCH3 is 1. The van der Waals surface area contributed by atoms with Crippen molar-refractivity contribution in [2.24, 2.45) is 0 Å². The van der Waals surface area contributed by atoms with Crippen LogP contribution in [0.3, 0.4) is 0 Å². The molecule has 1 N–H and O–H groups in total. The summed E-state index contributed by atoms with van der Waals surface area (Å²) in [4.78, 5) is 32.3. The standard InChI is InChI=1S/C36H42N4O5S/c1-38-21-36(22-38)15-6-16-40(36)35(42)26-17-25-18-27(45-2)10-14-29(25)33-32(23-7-4-3-5-8-23)30-13-9-24(19-31(30)39(33)20-26)34(41)37-46(43,44)28-11-12-28/h9-10,13-14,17-19,23,28H,3-8,11-12,15-16,20-22H2,1-2H3,(H,37,41). The molecule has 2 saturated carbocycles. The van der Waals surface area contributed by atoms with Gasteiger partial charge in [0.2, 0.25) is 10.0 Å². The maximum Gasteiger partial charge on any atom is 0.264 e. The number of rotatable bonds is 6. The summed E-state index contributed by atoms with van der Waals surface area (Å²) in [5, 5.41) is 0.580. The van der Waals surface area contributed by atoms with Gasteiger partial charge in [0.05, 0.1) is 30.1 Å². The second-order valence-corrected chi connectivity index (χ2v) is 16.1. The van der Waals surface area contributed by atoms with E-state index in [1.807, 2.05) is 24.3 Å². The van der Waals surface area contributed by atoms with Crippen LogP contribution in [0.15, 0.2) is 42.0 Å². The summed E-state index contributed by atoms with van der Waals surface area (Å²) in [7, 11) is 0.0759. The van der Waals surface area contributed by atoms with Crippen molar-refractivity contribution < 1.29 is 22.7 Å². The van der Waals surface area contributed by atoms with Gasteiger partial charge in [0, 0.05) is 47.2 Å². The maximum absolute atomic E-state index is 14.6. The van der Waals surface area contributed by atoms with Gasteiger partial charge in [0.15, 0.2) is 0 Å². The van der Waals surface area contributed by atoms with E-state index in [1.165, 1.54) is 24.8 Å². The van der Waals surface area contributed by atoms with Gasteiger partial charge in [0.25, 0.3) is 11.8 Å². The number of aromatic nitrogens is 1. The zero-order chi connectivity index (χ0) is 31.8. The third kappa shape index (κ3) is 4.87. The summed E-state index contributed by atoms with van der Waals surface area (Å²) in [6, 6.07) is 11.7. The largest absolute Gasteiger partial charge is 0.497 e. The molecule has 8 rings (SSSR count). The van der Waals surface area contributed by atoms with Crippen molar-refractivity contribution in [2.45, 2.75) is 81.0 Å². The van der Waals surface area contributed by atoms with Crippen LogP contribution < -0.4 is 9.46 Å². The predicted octanol–water partition coefficient (Wildman–Crippen LogP) is 5.29. The summed E-state index contributed by atoms with van der Waals surface area (Å²) in [5.74, 6) is 0.543. The van der Waals surface area contributed by atoms with Crippen molar-refractivity contribution >= 4 is 38.8 Å².